The Morgan fingerprint density at radius 1 is 0.312 bits per heavy atom. The molecule has 0 heterocycles. The van der Waals surface area contributed by atoms with Gasteiger partial charge in [0.2, 0.25) is 11.5 Å². The molecule has 12 nitrogen and oxygen atoms in total. The van der Waals surface area contributed by atoms with Gasteiger partial charge in [-0.15, -0.1) is 0 Å². The van der Waals surface area contributed by atoms with Gasteiger partial charge < -0.3 is 42.6 Å². The van der Waals surface area contributed by atoms with E-state index in [-0.39, 0.29) is 56.3 Å². The third-order valence-electron chi connectivity index (χ3n) is 14.6. The molecule has 0 saturated heterocycles. The molecule has 394 valence electrons. The number of para-hydroxylation sites is 4. The molecule has 0 aliphatic heterocycles. The summed E-state index contributed by atoms with van der Waals surface area (Å²) in [7, 11) is 3.06. The molecule has 9 aromatic rings. The van der Waals surface area contributed by atoms with Crippen molar-refractivity contribution in [1.82, 2.24) is 0 Å². The number of nitrogens with zero attached hydrogens (tertiary/aromatic N) is 3. The molecule has 0 amide bonds. The summed E-state index contributed by atoms with van der Waals surface area (Å²) in [6.07, 6.45) is 1.63. The van der Waals surface area contributed by atoms with Crippen LogP contribution in [0.3, 0.4) is 0 Å². The highest BCUT2D eigenvalue weighted by Crippen LogP contribution is 2.64. The Bertz CT molecular complexity index is 3960. The van der Waals surface area contributed by atoms with Gasteiger partial charge in [-0.1, -0.05) is 107 Å². The Morgan fingerprint density at radius 3 is 0.925 bits per heavy atom. The second-order valence-electron chi connectivity index (χ2n) is 20.8. The van der Waals surface area contributed by atoms with Crippen molar-refractivity contribution in [2.24, 2.45) is 0 Å². The van der Waals surface area contributed by atoms with Crippen molar-refractivity contribution in [1.29, 1.82) is 15.8 Å². The van der Waals surface area contributed by atoms with Crippen LogP contribution in [0.1, 0.15) is 79.5 Å². The van der Waals surface area contributed by atoms with E-state index in [0.717, 1.165) is 24.0 Å². The van der Waals surface area contributed by atoms with Crippen LogP contribution in [0.5, 0.6) is 92.0 Å². The van der Waals surface area contributed by atoms with E-state index >= 15 is 0 Å². The fraction of sp³-hybridized carbons (Fsp3) is 0.162. The fourth-order valence-corrected chi connectivity index (χ4v) is 11.4. The third-order valence-corrected chi connectivity index (χ3v) is 14.6. The molecule has 1 unspecified atom stereocenters. The molecule has 0 saturated carbocycles. The van der Waals surface area contributed by atoms with Crippen molar-refractivity contribution in [2.75, 3.05) is 14.2 Å². The lowest BCUT2D eigenvalue weighted by Gasteiger charge is -2.30. The van der Waals surface area contributed by atoms with E-state index in [1.165, 1.54) is 18.2 Å². The summed E-state index contributed by atoms with van der Waals surface area (Å²) in [6, 6.07) is 63.9. The van der Waals surface area contributed by atoms with E-state index in [0.29, 0.717) is 63.2 Å². The number of rotatable bonds is 16. The number of methoxy groups -OCH3 is 2. The highest BCUT2D eigenvalue weighted by Gasteiger charge is 2.56. The van der Waals surface area contributed by atoms with Crippen LogP contribution in [0.15, 0.2) is 188 Å². The SMILES string of the molecule is COc1c(Oc2ccccc2)cccc1Oc1cccc(Oc2ccc3c(c2)C2(CC(C)(C)c4ccc(Oc5cccc(Oc6cccc(Oc7cccc(Oc8ccccc8)c7OC)c6C#N)c5C#N)cc42)CC3(C)C)c1C#N. The van der Waals surface area contributed by atoms with Gasteiger partial charge in [0.25, 0.3) is 0 Å². The quantitative estimate of drug-likeness (QED) is 0.0904. The van der Waals surface area contributed by atoms with Crippen molar-refractivity contribution in [3.63, 3.8) is 0 Å². The predicted octanol–water partition coefficient (Wildman–Crippen LogP) is 17.5. The lowest BCUT2D eigenvalue weighted by atomic mass is 9.72. The van der Waals surface area contributed by atoms with Crippen LogP contribution in [0.2, 0.25) is 0 Å². The molecule has 11 rings (SSSR count). The van der Waals surface area contributed by atoms with Crippen LogP contribution in [-0.2, 0) is 16.2 Å². The van der Waals surface area contributed by atoms with Gasteiger partial charge in [-0.05, 0) is 155 Å². The molecule has 0 fully saturated rings. The van der Waals surface area contributed by atoms with Crippen LogP contribution >= 0.6 is 0 Å². The minimum atomic E-state index is -0.452. The number of hydrogen-bond acceptors (Lipinski definition) is 12. The molecule has 2 aliphatic carbocycles. The maximum Gasteiger partial charge on any atom is 0.204 e. The van der Waals surface area contributed by atoms with Crippen LogP contribution in [0, 0.1) is 34.0 Å². The molecule has 1 spiro atoms. The number of fused-ring (bicyclic) bond motifs is 4. The smallest absolute Gasteiger partial charge is 0.204 e. The molecule has 9 aromatic carbocycles. The lowest BCUT2D eigenvalue weighted by molar-refractivity contribution is 0.348. The summed E-state index contributed by atoms with van der Waals surface area (Å²) in [5.74, 6) is 6.08. The highest BCUT2D eigenvalue weighted by molar-refractivity contribution is 5.65. The van der Waals surface area contributed by atoms with Gasteiger partial charge in [-0.25, -0.2) is 0 Å². The maximum absolute atomic E-state index is 10.7. The number of hydrogen-bond donors (Lipinski definition) is 0. The van der Waals surface area contributed by atoms with Gasteiger partial charge in [0.1, 0.15) is 92.4 Å². The Kier molecular flexibility index (Phi) is 13.7. The Labute approximate surface area is 464 Å². The molecule has 12 heteroatoms. The summed E-state index contributed by atoms with van der Waals surface area (Å²) in [5, 5.41) is 31.9. The van der Waals surface area contributed by atoms with Crippen LogP contribution in [0.4, 0.5) is 0 Å². The zero-order valence-corrected chi connectivity index (χ0v) is 44.8. The Hall–Kier alpha value is -10.3. The second-order valence-corrected chi connectivity index (χ2v) is 20.8. The molecule has 0 aromatic heterocycles. The van der Waals surface area contributed by atoms with Crippen molar-refractivity contribution < 1.29 is 42.6 Å². The molecular formula is C68H53N3O9. The summed E-state index contributed by atoms with van der Waals surface area (Å²) >= 11 is 0. The van der Waals surface area contributed by atoms with Gasteiger partial charge in [0, 0.05) is 5.41 Å². The van der Waals surface area contributed by atoms with Crippen LogP contribution < -0.4 is 42.6 Å². The van der Waals surface area contributed by atoms with Gasteiger partial charge in [-0.3, -0.25) is 0 Å². The fourth-order valence-electron chi connectivity index (χ4n) is 11.4. The van der Waals surface area contributed by atoms with E-state index in [1.807, 2.05) is 72.8 Å². The lowest BCUT2D eigenvalue weighted by Crippen LogP contribution is -2.27. The minimum absolute atomic E-state index is 0.0976. The van der Waals surface area contributed by atoms with Crippen LogP contribution in [0.25, 0.3) is 0 Å². The number of ether oxygens (including phenoxy) is 9. The zero-order valence-electron chi connectivity index (χ0n) is 44.8. The molecule has 0 bridgehead atoms. The molecule has 80 heavy (non-hydrogen) atoms. The van der Waals surface area contributed by atoms with E-state index in [1.54, 1.807) is 98.1 Å². The Morgan fingerprint density at radius 2 is 0.600 bits per heavy atom. The standard InChI is InChI=1S/C68H53N3O9/c1-66(2)41-68(42-67(3,4)51-35-33-46(37-53(51)68)77-55-23-14-26-58(48(55)39-70)79-62-30-16-28-60(64(62)72-5)74-43-18-9-7-10-19-43)52-36-45(32-34-50(52)66)76-54-22-13-24-56(47(54)38-69)78-57-25-15-27-59(49(57)40-71)80-63-31-17-29-61(65(63)73-6)75-44-20-11-8-12-21-44/h7-37H,41-42H2,1-6H3. The third kappa shape index (κ3) is 9.74. The number of nitriles is 3. The molecule has 0 radical (unpaired) electrons. The average molecular weight is 1060 g/mol. The van der Waals surface area contributed by atoms with Crippen molar-refractivity contribution in [3.8, 4) is 110 Å². The minimum Gasteiger partial charge on any atom is -0.490 e. The van der Waals surface area contributed by atoms with Crippen LogP contribution in [-0.4, -0.2) is 14.2 Å². The highest BCUT2D eigenvalue weighted by atomic mass is 16.5. The Balaban J connectivity index is 0.873. The molecule has 0 N–H and O–H groups in total. The molecular weight excluding hydrogens is 1000 g/mol. The second kappa shape index (κ2) is 21.2. The first kappa shape index (κ1) is 51.7. The first-order valence-electron chi connectivity index (χ1n) is 25.9. The van der Waals surface area contributed by atoms with Crippen molar-refractivity contribution in [2.45, 2.75) is 56.8 Å². The zero-order chi connectivity index (χ0) is 55.6. The number of benzene rings is 9. The predicted molar refractivity (Wildman–Crippen MR) is 302 cm³/mol. The summed E-state index contributed by atoms with van der Waals surface area (Å²) in [4.78, 5) is 0. The first-order valence-corrected chi connectivity index (χ1v) is 25.9. The van der Waals surface area contributed by atoms with Gasteiger partial charge >= 0.3 is 0 Å². The average Bonchev–Trinajstić information content (AvgIpc) is 4.07. The van der Waals surface area contributed by atoms with Crippen molar-refractivity contribution >= 4 is 0 Å². The largest absolute Gasteiger partial charge is 0.490 e. The molecule has 2 aliphatic rings. The van der Waals surface area contributed by atoms with Crippen molar-refractivity contribution in [3.05, 3.63) is 227 Å². The van der Waals surface area contributed by atoms with E-state index in [4.69, 9.17) is 42.6 Å². The first-order chi connectivity index (χ1) is 38.8. The van der Waals surface area contributed by atoms with E-state index in [9.17, 15) is 15.8 Å². The topological polar surface area (TPSA) is 154 Å². The van der Waals surface area contributed by atoms with Gasteiger partial charge in [-0.2, -0.15) is 15.8 Å². The molecule has 1 atom stereocenters. The normalized spacial score (nSPS) is 15.0. The monoisotopic (exact) mass is 1060 g/mol. The summed E-state index contributed by atoms with van der Waals surface area (Å²) < 4.78 is 56.2. The van der Waals surface area contributed by atoms with Gasteiger partial charge in [0.15, 0.2) is 23.0 Å². The summed E-state index contributed by atoms with van der Waals surface area (Å²) in [6.45, 7) is 9.09. The van der Waals surface area contributed by atoms with E-state index in [2.05, 4.69) is 70.2 Å². The van der Waals surface area contributed by atoms with Gasteiger partial charge in [0.05, 0.1) is 14.2 Å². The summed E-state index contributed by atoms with van der Waals surface area (Å²) in [5.41, 5.74) is 4.21. The van der Waals surface area contributed by atoms with E-state index < -0.39 is 5.41 Å². The maximum atomic E-state index is 10.7.